The van der Waals surface area contributed by atoms with Gasteiger partial charge in [-0.1, -0.05) is 0 Å². The van der Waals surface area contributed by atoms with Crippen LogP contribution in [0.4, 0.5) is 0 Å². The monoisotopic (exact) mass is 276 g/mol. The van der Waals surface area contributed by atoms with E-state index in [2.05, 4.69) is 16.8 Å². The first-order chi connectivity index (χ1) is 8.50. The number of aliphatic hydroxyl groups is 1. The molecule has 0 amide bonds. The fourth-order valence-corrected chi connectivity index (χ4v) is 4.83. The van der Waals surface area contributed by atoms with Crippen molar-refractivity contribution in [1.29, 1.82) is 0 Å². The van der Waals surface area contributed by atoms with Crippen LogP contribution in [0.5, 0.6) is 0 Å². The normalized spacial score (nSPS) is 31.6. The van der Waals surface area contributed by atoms with Gasteiger partial charge in [0.25, 0.3) is 0 Å². The minimum absolute atomic E-state index is 0.104. The average Bonchev–Trinajstić information content (AvgIpc) is 2.69. The first-order valence-corrected chi connectivity index (χ1v) is 8.54. The fraction of sp³-hybridized carbons (Fsp3) is 1.00. The molecule has 2 rings (SSSR count). The molecule has 2 fully saturated rings. The van der Waals surface area contributed by atoms with Gasteiger partial charge in [-0.2, -0.15) is 0 Å². The molecule has 2 aliphatic heterocycles. The third kappa shape index (κ3) is 3.66. The van der Waals surface area contributed by atoms with E-state index in [9.17, 15) is 13.5 Å². The van der Waals surface area contributed by atoms with Gasteiger partial charge in [-0.15, -0.1) is 0 Å². The van der Waals surface area contributed by atoms with Crippen LogP contribution in [-0.2, 0) is 9.84 Å². The smallest absolute Gasteiger partial charge is 0.150 e. The summed E-state index contributed by atoms with van der Waals surface area (Å²) in [5.74, 6) is 0.841. The van der Waals surface area contributed by atoms with Crippen LogP contribution in [0.2, 0.25) is 0 Å². The molecule has 0 spiro atoms. The van der Waals surface area contributed by atoms with Crippen LogP contribution in [0, 0.1) is 11.8 Å². The van der Waals surface area contributed by atoms with E-state index in [1.165, 1.54) is 0 Å². The van der Waals surface area contributed by atoms with Gasteiger partial charge in [-0.3, -0.25) is 0 Å². The van der Waals surface area contributed by atoms with E-state index >= 15 is 0 Å². The zero-order valence-corrected chi connectivity index (χ0v) is 11.9. The van der Waals surface area contributed by atoms with Crippen molar-refractivity contribution >= 4 is 9.84 Å². The number of hydrogen-bond donors (Lipinski definition) is 1. The van der Waals surface area contributed by atoms with E-state index < -0.39 is 9.84 Å². The van der Waals surface area contributed by atoms with Gasteiger partial charge >= 0.3 is 0 Å². The molecule has 0 aromatic heterocycles. The Kier molecular flexibility index (Phi) is 4.64. The van der Waals surface area contributed by atoms with Crippen LogP contribution in [-0.4, -0.2) is 81.2 Å². The lowest BCUT2D eigenvalue weighted by molar-refractivity contribution is 0.0935. The Morgan fingerprint density at radius 2 is 1.94 bits per heavy atom. The maximum absolute atomic E-state index is 11.5. The van der Waals surface area contributed by atoms with Crippen molar-refractivity contribution in [3.63, 3.8) is 0 Å². The number of piperazine rings is 1. The summed E-state index contributed by atoms with van der Waals surface area (Å²) in [5.41, 5.74) is 0. The van der Waals surface area contributed by atoms with Crippen molar-refractivity contribution in [3.05, 3.63) is 0 Å². The number of rotatable bonds is 4. The third-order valence-electron chi connectivity index (χ3n) is 4.26. The summed E-state index contributed by atoms with van der Waals surface area (Å²) in [6, 6.07) is 0. The second-order valence-electron chi connectivity index (χ2n) is 5.71. The van der Waals surface area contributed by atoms with E-state index in [1.54, 1.807) is 0 Å². The lowest BCUT2D eigenvalue weighted by Gasteiger charge is -2.35. The van der Waals surface area contributed by atoms with Gasteiger partial charge in [0.1, 0.15) is 0 Å². The Morgan fingerprint density at radius 3 is 2.44 bits per heavy atom. The Balaban J connectivity index is 1.86. The molecule has 0 bridgehead atoms. The van der Waals surface area contributed by atoms with Crippen molar-refractivity contribution in [2.24, 2.45) is 11.8 Å². The molecule has 0 aromatic carbocycles. The van der Waals surface area contributed by atoms with Gasteiger partial charge in [0.2, 0.25) is 0 Å². The van der Waals surface area contributed by atoms with Gasteiger partial charge in [0.15, 0.2) is 9.84 Å². The predicted molar refractivity (Wildman–Crippen MR) is 71.3 cm³/mol. The molecule has 2 saturated heterocycles. The fourth-order valence-electron chi connectivity index (χ4n) is 2.91. The van der Waals surface area contributed by atoms with E-state index in [4.69, 9.17) is 0 Å². The Labute approximate surface area is 110 Å². The van der Waals surface area contributed by atoms with Crippen LogP contribution in [0.1, 0.15) is 6.42 Å². The summed E-state index contributed by atoms with van der Waals surface area (Å²) in [6.07, 6.45) is 0.724. The number of aliphatic hydroxyl groups excluding tert-OH is 1. The van der Waals surface area contributed by atoms with E-state index in [1.807, 2.05) is 0 Å². The molecule has 0 radical (unpaired) electrons. The molecule has 5 nitrogen and oxygen atoms in total. The van der Waals surface area contributed by atoms with Gasteiger partial charge in [0.05, 0.1) is 11.5 Å². The number of sulfone groups is 1. The summed E-state index contributed by atoms with van der Waals surface area (Å²) >= 11 is 0. The first kappa shape index (κ1) is 14.2. The highest BCUT2D eigenvalue weighted by Gasteiger charge is 2.34. The molecule has 6 heteroatoms. The standard InChI is InChI=1S/C12H24N2O3S/c1-13-3-5-14(6-4-13)8-12(9-15)11-2-7-18(16,17)10-11/h11-12,15H,2-10H2,1H3. The number of nitrogens with zero attached hydrogens (tertiary/aromatic N) is 2. The SMILES string of the molecule is CN1CCN(CC(CO)C2CCS(=O)(=O)C2)CC1. The molecule has 2 aliphatic rings. The highest BCUT2D eigenvalue weighted by atomic mass is 32.2. The van der Waals surface area contributed by atoms with Crippen LogP contribution in [0.15, 0.2) is 0 Å². The van der Waals surface area contributed by atoms with E-state index in [-0.39, 0.29) is 24.2 Å². The van der Waals surface area contributed by atoms with Crippen LogP contribution >= 0.6 is 0 Å². The first-order valence-electron chi connectivity index (χ1n) is 6.72. The van der Waals surface area contributed by atoms with E-state index in [0.29, 0.717) is 5.75 Å². The molecule has 1 N–H and O–H groups in total. The number of likely N-dealkylation sites (N-methyl/N-ethyl adjacent to an activating group) is 1. The Morgan fingerprint density at radius 1 is 1.28 bits per heavy atom. The predicted octanol–water partition coefficient (Wildman–Crippen LogP) is -0.723. The minimum atomic E-state index is -2.84. The van der Waals surface area contributed by atoms with Crippen molar-refractivity contribution < 1.29 is 13.5 Å². The van der Waals surface area contributed by atoms with Crippen LogP contribution in [0.3, 0.4) is 0 Å². The third-order valence-corrected chi connectivity index (χ3v) is 6.05. The molecular weight excluding hydrogens is 252 g/mol. The molecule has 0 saturated carbocycles. The average molecular weight is 276 g/mol. The minimum Gasteiger partial charge on any atom is -0.396 e. The lowest BCUT2D eigenvalue weighted by Crippen LogP contribution is -2.47. The summed E-state index contributed by atoms with van der Waals surface area (Å²) in [5, 5.41) is 9.51. The molecule has 18 heavy (non-hydrogen) atoms. The maximum atomic E-state index is 11.5. The zero-order chi connectivity index (χ0) is 13.2. The molecular formula is C12H24N2O3S. The van der Waals surface area contributed by atoms with E-state index in [0.717, 1.165) is 39.1 Å². The summed E-state index contributed by atoms with van der Waals surface area (Å²) in [6.45, 7) is 5.10. The lowest BCUT2D eigenvalue weighted by atomic mass is 9.92. The second-order valence-corrected chi connectivity index (χ2v) is 7.94. The molecule has 0 aromatic rings. The van der Waals surface area contributed by atoms with Crippen molar-refractivity contribution in [2.75, 3.05) is 57.9 Å². The van der Waals surface area contributed by atoms with Crippen LogP contribution < -0.4 is 0 Å². The quantitative estimate of drug-likeness (QED) is 0.734. The van der Waals surface area contributed by atoms with Crippen LogP contribution in [0.25, 0.3) is 0 Å². The second kappa shape index (κ2) is 5.86. The maximum Gasteiger partial charge on any atom is 0.150 e. The molecule has 0 aliphatic carbocycles. The van der Waals surface area contributed by atoms with Crippen molar-refractivity contribution in [2.45, 2.75) is 6.42 Å². The Hall–Kier alpha value is -0.170. The molecule has 2 heterocycles. The highest BCUT2D eigenvalue weighted by Crippen LogP contribution is 2.26. The molecule has 2 atom stereocenters. The number of hydrogen-bond acceptors (Lipinski definition) is 5. The Bertz CT molecular complexity index is 364. The highest BCUT2D eigenvalue weighted by molar-refractivity contribution is 7.91. The topological polar surface area (TPSA) is 60.9 Å². The van der Waals surface area contributed by atoms with Gasteiger partial charge in [-0.05, 0) is 25.3 Å². The van der Waals surface area contributed by atoms with Gasteiger partial charge < -0.3 is 14.9 Å². The molecule has 106 valence electrons. The van der Waals surface area contributed by atoms with Crippen molar-refractivity contribution in [1.82, 2.24) is 9.80 Å². The largest absolute Gasteiger partial charge is 0.396 e. The van der Waals surface area contributed by atoms with Gasteiger partial charge in [-0.25, -0.2) is 8.42 Å². The van der Waals surface area contributed by atoms with Crippen molar-refractivity contribution in [3.8, 4) is 0 Å². The summed E-state index contributed by atoms with van der Waals surface area (Å²) in [4.78, 5) is 4.65. The summed E-state index contributed by atoms with van der Waals surface area (Å²) < 4.78 is 23.0. The zero-order valence-electron chi connectivity index (χ0n) is 11.1. The molecule has 2 unspecified atom stereocenters. The van der Waals surface area contributed by atoms with Gasteiger partial charge in [0, 0.05) is 39.3 Å². The summed E-state index contributed by atoms with van der Waals surface area (Å²) in [7, 11) is -0.723.